The number of hydrogen-bond donors (Lipinski definition) is 1. The first-order valence-electron chi connectivity index (χ1n) is 12.1. The highest BCUT2D eigenvalue weighted by Gasteiger charge is 2.33. The van der Waals surface area contributed by atoms with Gasteiger partial charge in [0.15, 0.2) is 0 Å². The van der Waals surface area contributed by atoms with Crippen LogP contribution in [0.4, 0.5) is 10.1 Å². The van der Waals surface area contributed by atoms with Gasteiger partial charge in [-0.2, -0.15) is 0 Å². The van der Waals surface area contributed by atoms with Gasteiger partial charge in [0.05, 0.1) is 19.1 Å². The van der Waals surface area contributed by atoms with Crippen LogP contribution in [-0.4, -0.2) is 57.6 Å². The summed E-state index contributed by atoms with van der Waals surface area (Å²) in [5, 5.41) is 2.76. The fourth-order valence-electron chi connectivity index (χ4n) is 4.02. The number of anilines is 1. The van der Waals surface area contributed by atoms with E-state index >= 15 is 0 Å². The van der Waals surface area contributed by atoms with Crippen LogP contribution in [-0.2, 0) is 32.6 Å². The molecule has 0 aliphatic heterocycles. The van der Waals surface area contributed by atoms with Crippen LogP contribution in [0.1, 0.15) is 18.1 Å². The van der Waals surface area contributed by atoms with Crippen molar-refractivity contribution in [2.75, 3.05) is 30.8 Å². The van der Waals surface area contributed by atoms with Gasteiger partial charge in [-0.05, 0) is 42.8 Å². The summed E-state index contributed by atoms with van der Waals surface area (Å²) in [5.74, 6) is -1.08. The minimum absolute atomic E-state index is 0.161. The molecule has 1 N–H and O–H groups in total. The van der Waals surface area contributed by atoms with Crippen LogP contribution in [0.15, 0.2) is 78.9 Å². The number of ether oxygens (including phenoxy) is 1. The molecular weight excluding hydrogens is 509 g/mol. The lowest BCUT2D eigenvalue weighted by Crippen LogP contribution is -2.53. The van der Waals surface area contributed by atoms with Gasteiger partial charge in [-0.25, -0.2) is 12.8 Å². The number of rotatable bonds is 12. The summed E-state index contributed by atoms with van der Waals surface area (Å²) in [6.45, 7) is 1.29. The Bertz CT molecular complexity index is 1330. The first-order chi connectivity index (χ1) is 18.1. The van der Waals surface area contributed by atoms with E-state index in [4.69, 9.17) is 4.74 Å². The van der Waals surface area contributed by atoms with Gasteiger partial charge in [0.2, 0.25) is 21.8 Å². The molecule has 0 heterocycles. The van der Waals surface area contributed by atoms with E-state index in [2.05, 4.69) is 5.32 Å². The summed E-state index contributed by atoms with van der Waals surface area (Å²) in [5.41, 5.74) is 1.26. The van der Waals surface area contributed by atoms with E-state index in [1.165, 1.54) is 42.3 Å². The van der Waals surface area contributed by atoms with Crippen molar-refractivity contribution in [2.24, 2.45) is 0 Å². The zero-order valence-electron chi connectivity index (χ0n) is 21.6. The van der Waals surface area contributed by atoms with Gasteiger partial charge in [0.1, 0.15) is 24.2 Å². The molecule has 8 nitrogen and oxygen atoms in total. The van der Waals surface area contributed by atoms with Crippen molar-refractivity contribution >= 4 is 27.5 Å². The topological polar surface area (TPSA) is 96.0 Å². The van der Waals surface area contributed by atoms with Gasteiger partial charge in [-0.3, -0.25) is 13.9 Å². The summed E-state index contributed by atoms with van der Waals surface area (Å²) >= 11 is 0. The van der Waals surface area contributed by atoms with Crippen LogP contribution in [0.5, 0.6) is 5.75 Å². The normalized spacial score (nSPS) is 11.9. The van der Waals surface area contributed by atoms with E-state index in [0.29, 0.717) is 12.3 Å². The Labute approximate surface area is 223 Å². The molecule has 3 rings (SSSR count). The third-order valence-electron chi connectivity index (χ3n) is 5.96. The number of nitrogens with one attached hydrogen (secondary N) is 1. The minimum Gasteiger partial charge on any atom is -0.497 e. The van der Waals surface area contributed by atoms with Gasteiger partial charge < -0.3 is 15.0 Å². The molecule has 38 heavy (non-hydrogen) atoms. The standard InChI is InChI=1S/C28H32FN3O5S/c1-4-30-28(34)26(18-21-10-6-5-7-11-21)31(19-22-12-8-9-13-25(22)29)27(33)20-32(38(3,35)36)23-14-16-24(37-2)17-15-23/h5-17,26H,4,18-20H2,1-3H3,(H,30,34). The third kappa shape index (κ3) is 7.55. The number of amides is 2. The predicted molar refractivity (Wildman–Crippen MR) is 145 cm³/mol. The number of sulfonamides is 1. The second kappa shape index (κ2) is 13.0. The quantitative estimate of drug-likeness (QED) is 0.379. The van der Waals surface area contributed by atoms with Crippen molar-refractivity contribution < 1.29 is 27.1 Å². The molecule has 10 heteroatoms. The number of carbonyl (C=O) groups is 2. The van der Waals surface area contributed by atoms with E-state index in [1.54, 1.807) is 25.1 Å². The molecule has 0 bridgehead atoms. The van der Waals surface area contributed by atoms with Gasteiger partial charge in [-0.15, -0.1) is 0 Å². The molecule has 0 fully saturated rings. The lowest BCUT2D eigenvalue weighted by Gasteiger charge is -2.33. The Kier molecular flexibility index (Phi) is 9.84. The summed E-state index contributed by atoms with van der Waals surface area (Å²) < 4.78 is 46.3. The summed E-state index contributed by atoms with van der Waals surface area (Å²) in [6, 6.07) is 20.3. The molecule has 0 spiro atoms. The lowest BCUT2D eigenvalue weighted by atomic mass is 10.0. The van der Waals surface area contributed by atoms with Crippen LogP contribution in [0.3, 0.4) is 0 Å². The van der Waals surface area contributed by atoms with Crippen molar-refractivity contribution in [2.45, 2.75) is 25.9 Å². The highest BCUT2D eigenvalue weighted by atomic mass is 32.2. The van der Waals surface area contributed by atoms with Crippen LogP contribution in [0, 0.1) is 5.82 Å². The summed E-state index contributed by atoms with van der Waals surface area (Å²) in [6.07, 6.45) is 1.16. The summed E-state index contributed by atoms with van der Waals surface area (Å²) in [4.78, 5) is 28.3. The van der Waals surface area contributed by atoms with Gasteiger partial charge >= 0.3 is 0 Å². The number of hydrogen-bond acceptors (Lipinski definition) is 5. The maximum atomic E-state index is 14.7. The van der Waals surface area contributed by atoms with E-state index in [1.807, 2.05) is 30.3 Å². The van der Waals surface area contributed by atoms with Crippen molar-refractivity contribution in [1.82, 2.24) is 10.2 Å². The van der Waals surface area contributed by atoms with Crippen LogP contribution in [0.25, 0.3) is 0 Å². The predicted octanol–water partition coefficient (Wildman–Crippen LogP) is 3.38. The SMILES string of the molecule is CCNC(=O)C(Cc1ccccc1)N(Cc1ccccc1F)C(=O)CN(c1ccc(OC)cc1)S(C)(=O)=O. The fraction of sp³-hybridized carbons (Fsp3) is 0.286. The highest BCUT2D eigenvalue weighted by Crippen LogP contribution is 2.23. The van der Waals surface area contributed by atoms with Crippen LogP contribution >= 0.6 is 0 Å². The smallest absolute Gasteiger partial charge is 0.244 e. The van der Waals surface area contributed by atoms with E-state index in [0.717, 1.165) is 16.1 Å². The monoisotopic (exact) mass is 541 g/mol. The maximum absolute atomic E-state index is 14.7. The molecule has 1 atom stereocenters. The van der Waals surface area contributed by atoms with Gasteiger partial charge in [0.25, 0.3) is 0 Å². The Morgan fingerprint density at radius 1 is 0.974 bits per heavy atom. The Morgan fingerprint density at radius 2 is 1.61 bits per heavy atom. The van der Waals surface area contributed by atoms with Gasteiger partial charge in [-0.1, -0.05) is 48.5 Å². The Balaban J connectivity index is 2.03. The first kappa shape index (κ1) is 28.6. The highest BCUT2D eigenvalue weighted by molar-refractivity contribution is 7.92. The zero-order chi connectivity index (χ0) is 27.7. The average molecular weight is 542 g/mol. The van der Waals surface area contributed by atoms with Crippen molar-refractivity contribution in [3.8, 4) is 5.75 Å². The summed E-state index contributed by atoms with van der Waals surface area (Å²) in [7, 11) is -2.40. The Morgan fingerprint density at radius 3 is 2.18 bits per heavy atom. The molecule has 0 saturated heterocycles. The number of methoxy groups -OCH3 is 1. The molecule has 3 aromatic rings. The molecule has 2 amide bonds. The van der Waals surface area contributed by atoms with Gasteiger partial charge in [0, 0.05) is 25.1 Å². The molecule has 0 aliphatic rings. The second-order valence-corrected chi connectivity index (χ2v) is 10.6. The largest absolute Gasteiger partial charge is 0.497 e. The van der Waals surface area contributed by atoms with E-state index < -0.39 is 40.2 Å². The number of halogens is 1. The second-order valence-electron chi connectivity index (χ2n) is 8.68. The van der Waals surface area contributed by atoms with E-state index in [-0.39, 0.29) is 24.2 Å². The molecular formula is C28H32FN3O5S. The first-order valence-corrected chi connectivity index (χ1v) is 13.9. The zero-order valence-corrected chi connectivity index (χ0v) is 22.4. The van der Waals surface area contributed by atoms with Crippen molar-refractivity contribution in [1.29, 1.82) is 0 Å². The molecule has 1 unspecified atom stereocenters. The lowest BCUT2D eigenvalue weighted by molar-refractivity contribution is -0.140. The van der Waals surface area contributed by atoms with Crippen LogP contribution in [0.2, 0.25) is 0 Å². The van der Waals surface area contributed by atoms with E-state index in [9.17, 15) is 22.4 Å². The molecule has 0 radical (unpaired) electrons. The molecule has 3 aromatic carbocycles. The fourth-order valence-corrected chi connectivity index (χ4v) is 4.87. The minimum atomic E-state index is -3.89. The number of likely N-dealkylation sites (N-methyl/N-ethyl adjacent to an activating group) is 1. The maximum Gasteiger partial charge on any atom is 0.244 e. The number of benzene rings is 3. The van der Waals surface area contributed by atoms with Crippen molar-refractivity contribution in [3.05, 3.63) is 95.8 Å². The number of carbonyl (C=O) groups excluding carboxylic acids is 2. The molecule has 202 valence electrons. The van der Waals surface area contributed by atoms with Crippen molar-refractivity contribution in [3.63, 3.8) is 0 Å². The Hall–Kier alpha value is -3.92. The third-order valence-corrected chi connectivity index (χ3v) is 7.10. The molecule has 0 saturated carbocycles. The average Bonchev–Trinajstić information content (AvgIpc) is 2.90. The van der Waals surface area contributed by atoms with Crippen LogP contribution < -0.4 is 14.4 Å². The molecule has 0 aliphatic carbocycles. The molecule has 0 aromatic heterocycles. The number of nitrogens with zero attached hydrogens (tertiary/aromatic N) is 2.